The first-order valence-electron chi connectivity index (χ1n) is 5.68. The predicted molar refractivity (Wildman–Crippen MR) is 80.4 cm³/mol. The van der Waals surface area contributed by atoms with Crippen LogP contribution in [0.5, 0.6) is 0 Å². The fraction of sp³-hybridized carbons (Fsp3) is 0. The van der Waals surface area contributed by atoms with E-state index in [1.165, 1.54) is 24.8 Å². The Morgan fingerprint density at radius 2 is 0.840 bits per heavy atom. The predicted octanol–water partition coefficient (Wildman–Crippen LogP) is -2.94. The molecular formula is C9H12N14OSi. The average Bonchev–Trinajstić information content (AvgIpc) is 3.46. The van der Waals surface area contributed by atoms with Crippen molar-refractivity contribution in [1.29, 1.82) is 0 Å². The van der Waals surface area contributed by atoms with Gasteiger partial charge in [0.25, 0.3) is 0 Å². The maximum atomic E-state index is 9.00. The van der Waals surface area contributed by atoms with E-state index < -0.39 is 6.03 Å². The molecule has 0 bridgehead atoms. The number of H-pyrrole nitrogens is 4. The van der Waals surface area contributed by atoms with Gasteiger partial charge in [0.2, 0.25) is 0 Å². The van der Waals surface area contributed by atoms with Crippen LogP contribution in [0.1, 0.15) is 0 Å². The van der Waals surface area contributed by atoms with Crippen molar-refractivity contribution >= 4 is 17.0 Å². The van der Waals surface area contributed by atoms with Gasteiger partial charge in [-0.05, 0) is 0 Å². The first-order chi connectivity index (χ1) is 11.7. The first-order valence-corrected chi connectivity index (χ1v) is 5.68. The van der Waals surface area contributed by atoms with Crippen molar-refractivity contribution < 1.29 is 4.79 Å². The summed E-state index contributed by atoms with van der Waals surface area (Å²) in [5.41, 5.74) is 8.50. The number of nitrogens with two attached hydrogens (primary N) is 2. The van der Waals surface area contributed by atoms with Gasteiger partial charge in [0, 0.05) is 0 Å². The minimum absolute atomic E-state index is 0. The Morgan fingerprint density at radius 1 is 0.640 bits per heavy atom. The van der Waals surface area contributed by atoms with Crippen LogP contribution in [0.25, 0.3) is 0 Å². The maximum absolute atomic E-state index is 9.00. The second-order valence-corrected chi connectivity index (χ2v) is 2.81. The third-order valence-electron chi connectivity index (χ3n) is 1.18. The fourth-order valence-corrected chi connectivity index (χ4v) is 0.577. The number of hydrogen-bond acceptors (Lipinski definition) is 9. The SMILES string of the molecule is NC(N)=O.[Si+4].[c-]1c[nH]nn1.[c-]1c[nH]nn1.[c-]1c[nH]nn1.[c-]1c[nH]nn1. The summed E-state index contributed by atoms with van der Waals surface area (Å²) in [6, 6.07) is -0.833. The monoisotopic (exact) mass is 360 g/mol. The molecule has 25 heavy (non-hydrogen) atoms. The van der Waals surface area contributed by atoms with E-state index in [1.54, 1.807) is 0 Å². The maximum Gasteiger partial charge on any atom is 4.00 e. The van der Waals surface area contributed by atoms with Crippen LogP contribution in [-0.2, 0) is 0 Å². The molecule has 15 nitrogen and oxygen atoms in total. The van der Waals surface area contributed by atoms with Crippen molar-refractivity contribution in [2.75, 3.05) is 0 Å². The van der Waals surface area contributed by atoms with Gasteiger partial charge in [-0.1, -0.05) is 0 Å². The Balaban J connectivity index is 0. The molecule has 0 aliphatic heterocycles. The standard InChI is InChI=1S/4C2H2N3.CH4N2O.Si/c4*1-2-4-5-3-1;2-1(3)4;/h4*1H,(H,3,4,5);(H4,2,3,4);/q4*-1;;+4. The molecule has 0 saturated heterocycles. The Kier molecular flexibility index (Phi) is 18.7. The third-order valence-corrected chi connectivity index (χ3v) is 1.18. The smallest absolute Gasteiger partial charge is 0.352 e. The van der Waals surface area contributed by atoms with Gasteiger partial charge in [-0.15, -0.1) is 45.6 Å². The molecule has 8 N–H and O–H groups in total. The number of aromatic nitrogens is 12. The molecule has 0 unspecified atom stereocenters. The van der Waals surface area contributed by atoms with Crippen LogP contribution in [0, 0.1) is 24.8 Å². The molecule has 0 spiro atoms. The van der Waals surface area contributed by atoms with E-state index in [9.17, 15) is 0 Å². The summed E-state index contributed by atoms with van der Waals surface area (Å²) >= 11 is 0. The summed E-state index contributed by atoms with van der Waals surface area (Å²) < 4.78 is 0. The van der Waals surface area contributed by atoms with Crippen LogP contribution >= 0.6 is 0 Å². The average molecular weight is 360 g/mol. The number of amides is 2. The van der Waals surface area contributed by atoms with Crippen molar-refractivity contribution in [2.45, 2.75) is 0 Å². The second kappa shape index (κ2) is 20.0. The van der Waals surface area contributed by atoms with Gasteiger partial charge in [-0.3, -0.25) is 0 Å². The molecule has 0 radical (unpaired) electrons. The quantitative estimate of drug-likeness (QED) is 0.139. The summed E-state index contributed by atoms with van der Waals surface area (Å²) in [6.07, 6.45) is 15.9. The van der Waals surface area contributed by atoms with E-state index >= 15 is 0 Å². The molecule has 16 heteroatoms. The normalized spacial score (nSPS) is 7.36. The molecule has 0 aromatic carbocycles. The molecule has 0 aliphatic rings. The number of primary amides is 2. The summed E-state index contributed by atoms with van der Waals surface area (Å²) in [5, 5.41) is 36.1. The van der Waals surface area contributed by atoms with E-state index in [4.69, 9.17) is 4.79 Å². The number of nitrogens with zero attached hydrogens (tertiary/aromatic N) is 8. The Labute approximate surface area is 145 Å². The number of nitrogens with one attached hydrogen (secondary N) is 4. The molecule has 4 rings (SSSR count). The van der Waals surface area contributed by atoms with Crippen molar-refractivity contribution in [1.82, 2.24) is 61.6 Å². The molecule has 4 aromatic rings. The fourth-order valence-electron chi connectivity index (χ4n) is 0.577. The second-order valence-electron chi connectivity index (χ2n) is 2.81. The van der Waals surface area contributed by atoms with Gasteiger partial charge in [-0.2, -0.15) is 0 Å². The first kappa shape index (κ1) is 23.3. The summed E-state index contributed by atoms with van der Waals surface area (Å²) in [5.74, 6) is 0. The third kappa shape index (κ3) is 25.4. The van der Waals surface area contributed by atoms with Gasteiger partial charge in [0.1, 0.15) is 0 Å². The van der Waals surface area contributed by atoms with E-state index in [2.05, 4.69) is 97.9 Å². The number of carbonyl (C=O) groups is 1. The molecule has 0 atom stereocenters. The van der Waals surface area contributed by atoms with Gasteiger partial charge in [-0.25, -0.2) is 4.79 Å². The van der Waals surface area contributed by atoms with E-state index in [0.29, 0.717) is 0 Å². The Hall–Kier alpha value is -3.95. The molecule has 2 amide bonds. The number of urea groups is 1. The van der Waals surface area contributed by atoms with Crippen molar-refractivity contribution in [3.63, 3.8) is 0 Å². The van der Waals surface area contributed by atoms with E-state index in [-0.39, 0.29) is 11.0 Å². The van der Waals surface area contributed by atoms with Crippen LogP contribution < -0.4 is 11.5 Å². The molecule has 4 aromatic heterocycles. The molecule has 0 saturated carbocycles. The van der Waals surface area contributed by atoms with Crippen molar-refractivity contribution in [3.8, 4) is 0 Å². The molecule has 128 valence electrons. The summed E-state index contributed by atoms with van der Waals surface area (Å²) in [4.78, 5) is 9.00. The largest absolute Gasteiger partial charge is 4.00 e. The zero-order valence-electron chi connectivity index (χ0n) is 12.5. The minimum Gasteiger partial charge on any atom is -0.352 e. The Morgan fingerprint density at radius 3 is 0.880 bits per heavy atom. The van der Waals surface area contributed by atoms with Gasteiger partial charge >= 0.3 is 17.0 Å². The van der Waals surface area contributed by atoms with Crippen LogP contribution in [0.15, 0.2) is 24.8 Å². The summed E-state index contributed by atoms with van der Waals surface area (Å²) in [6.45, 7) is 0. The molecular weight excluding hydrogens is 348 g/mol. The zero-order chi connectivity index (χ0) is 17.7. The van der Waals surface area contributed by atoms with Crippen molar-refractivity contribution in [3.05, 3.63) is 49.6 Å². The van der Waals surface area contributed by atoms with Gasteiger partial charge in [0.15, 0.2) is 0 Å². The van der Waals surface area contributed by atoms with Crippen LogP contribution in [0.4, 0.5) is 4.79 Å². The van der Waals surface area contributed by atoms with Crippen molar-refractivity contribution in [2.24, 2.45) is 11.5 Å². The van der Waals surface area contributed by atoms with Gasteiger partial charge in [0.05, 0.1) is 0 Å². The van der Waals surface area contributed by atoms with Crippen LogP contribution in [0.2, 0.25) is 0 Å². The number of rotatable bonds is 0. The molecule has 0 aliphatic carbocycles. The molecule has 4 heterocycles. The molecule has 0 fully saturated rings. The van der Waals surface area contributed by atoms with E-state index in [1.807, 2.05) is 0 Å². The van der Waals surface area contributed by atoms with E-state index in [0.717, 1.165) is 0 Å². The minimum atomic E-state index is -0.833. The van der Waals surface area contributed by atoms with Crippen LogP contribution in [0.3, 0.4) is 0 Å². The van der Waals surface area contributed by atoms with Gasteiger partial charge < -0.3 is 77.0 Å². The zero-order valence-corrected chi connectivity index (χ0v) is 13.5. The summed E-state index contributed by atoms with van der Waals surface area (Å²) in [7, 11) is 0. The number of aromatic amines is 4. The number of carbonyl (C=O) groups excluding carboxylic acids is 1. The Bertz CT molecular complexity index is 444. The number of hydrogen-bond donors (Lipinski definition) is 6. The topological polar surface area (TPSA) is 235 Å². The van der Waals surface area contributed by atoms with Crippen LogP contribution in [-0.4, -0.2) is 78.6 Å².